The van der Waals surface area contributed by atoms with Gasteiger partial charge in [0.1, 0.15) is 4.88 Å². The molecule has 2 aromatic heterocycles. The van der Waals surface area contributed by atoms with Crippen LogP contribution in [0.1, 0.15) is 37.4 Å². The van der Waals surface area contributed by atoms with E-state index in [0.29, 0.717) is 22.4 Å². The number of nitrogen functional groups attached to an aromatic ring is 1. The first-order chi connectivity index (χ1) is 9.90. The highest BCUT2D eigenvalue weighted by Gasteiger charge is 2.23. The lowest BCUT2D eigenvalue weighted by Gasteiger charge is -2.26. The van der Waals surface area contributed by atoms with E-state index in [4.69, 9.17) is 5.73 Å². The molecular weight excluding hydrogens is 282 g/mol. The van der Waals surface area contributed by atoms with Gasteiger partial charge in [0.15, 0.2) is 0 Å². The number of nitrogens with zero attached hydrogens (tertiary/aromatic N) is 2. The van der Waals surface area contributed by atoms with Gasteiger partial charge in [-0.05, 0) is 17.9 Å². The predicted molar refractivity (Wildman–Crippen MR) is 89.6 cm³/mol. The van der Waals surface area contributed by atoms with Gasteiger partial charge in [0, 0.05) is 30.9 Å². The summed E-state index contributed by atoms with van der Waals surface area (Å²) in [4.78, 5) is 19.5. The van der Waals surface area contributed by atoms with Crippen molar-refractivity contribution >= 4 is 33.0 Å². The van der Waals surface area contributed by atoms with E-state index in [-0.39, 0.29) is 5.91 Å². The lowest BCUT2D eigenvalue weighted by atomic mass is 10.1. The Morgan fingerprint density at radius 3 is 2.43 bits per heavy atom. The van der Waals surface area contributed by atoms with Gasteiger partial charge in [-0.1, -0.05) is 27.7 Å². The first-order valence-corrected chi connectivity index (χ1v) is 8.13. The largest absolute Gasteiger partial charge is 0.397 e. The fourth-order valence-electron chi connectivity index (χ4n) is 2.40. The highest BCUT2D eigenvalue weighted by Crippen LogP contribution is 2.33. The number of carbonyl (C=O) groups is 1. The van der Waals surface area contributed by atoms with Crippen LogP contribution in [0, 0.1) is 11.8 Å². The molecule has 5 heteroatoms. The molecule has 0 radical (unpaired) electrons. The van der Waals surface area contributed by atoms with E-state index < -0.39 is 0 Å². The van der Waals surface area contributed by atoms with Crippen molar-refractivity contribution in [1.82, 2.24) is 9.88 Å². The lowest BCUT2D eigenvalue weighted by Crippen LogP contribution is -2.36. The Balaban J connectivity index is 2.35. The minimum absolute atomic E-state index is 0.0381. The smallest absolute Gasteiger partial charge is 0.266 e. The molecule has 114 valence electrons. The third kappa shape index (κ3) is 3.53. The van der Waals surface area contributed by atoms with Crippen molar-refractivity contribution in [3.8, 4) is 0 Å². The van der Waals surface area contributed by atoms with Gasteiger partial charge in [0.2, 0.25) is 0 Å². The van der Waals surface area contributed by atoms with Crippen LogP contribution in [0.2, 0.25) is 0 Å². The molecule has 0 saturated carbocycles. The summed E-state index contributed by atoms with van der Waals surface area (Å²) in [6, 6.07) is 1.87. The van der Waals surface area contributed by atoms with E-state index in [1.54, 1.807) is 12.4 Å². The Morgan fingerprint density at radius 2 is 1.90 bits per heavy atom. The number of thiophene rings is 1. The van der Waals surface area contributed by atoms with Crippen LogP contribution in [0.25, 0.3) is 10.1 Å². The second-order valence-electron chi connectivity index (χ2n) is 6.21. The molecule has 0 saturated heterocycles. The number of rotatable bonds is 5. The molecule has 2 heterocycles. The van der Waals surface area contributed by atoms with Gasteiger partial charge in [0.25, 0.3) is 5.91 Å². The highest BCUT2D eigenvalue weighted by atomic mass is 32.1. The molecule has 0 fully saturated rings. The van der Waals surface area contributed by atoms with Gasteiger partial charge in [-0.3, -0.25) is 9.78 Å². The number of anilines is 1. The van der Waals surface area contributed by atoms with E-state index in [9.17, 15) is 4.79 Å². The maximum atomic E-state index is 12.8. The zero-order valence-corrected chi connectivity index (χ0v) is 13.9. The molecule has 2 aromatic rings. The SMILES string of the molecule is CC(C)CN(CC(C)C)C(=O)c1sc2cnccc2c1N. The summed E-state index contributed by atoms with van der Waals surface area (Å²) in [7, 11) is 0. The summed E-state index contributed by atoms with van der Waals surface area (Å²) in [5, 5.41) is 0.924. The Kier molecular flexibility index (Phi) is 4.83. The summed E-state index contributed by atoms with van der Waals surface area (Å²) in [5.74, 6) is 0.908. The van der Waals surface area contributed by atoms with Crippen LogP contribution in [-0.4, -0.2) is 28.9 Å². The zero-order chi connectivity index (χ0) is 15.6. The molecule has 0 unspecified atom stereocenters. The topological polar surface area (TPSA) is 59.2 Å². The van der Waals surface area contributed by atoms with E-state index in [0.717, 1.165) is 23.2 Å². The Bertz CT molecular complexity index is 623. The average Bonchev–Trinajstić information content (AvgIpc) is 2.74. The summed E-state index contributed by atoms with van der Waals surface area (Å²) in [6.07, 6.45) is 3.47. The quantitative estimate of drug-likeness (QED) is 0.917. The molecule has 4 nitrogen and oxygen atoms in total. The average molecular weight is 305 g/mol. The Labute approximate surface area is 130 Å². The van der Waals surface area contributed by atoms with Crippen molar-refractivity contribution in [2.24, 2.45) is 11.8 Å². The minimum atomic E-state index is 0.0381. The Morgan fingerprint density at radius 1 is 1.29 bits per heavy atom. The van der Waals surface area contributed by atoms with Crippen molar-refractivity contribution < 1.29 is 4.79 Å². The van der Waals surface area contributed by atoms with Crippen LogP contribution in [0.4, 0.5) is 5.69 Å². The maximum absolute atomic E-state index is 12.8. The van der Waals surface area contributed by atoms with Crippen LogP contribution < -0.4 is 5.73 Å². The zero-order valence-electron chi connectivity index (χ0n) is 13.1. The van der Waals surface area contributed by atoms with Crippen LogP contribution in [0.3, 0.4) is 0 Å². The van der Waals surface area contributed by atoms with Crippen LogP contribution in [-0.2, 0) is 0 Å². The standard InChI is InChI=1S/C16H23N3OS/c1-10(2)8-19(9-11(3)4)16(20)15-14(17)12-5-6-18-7-13(12)21-15/h5-7,10-11H,8-9,17H2,1-4H3. The summed E-state index contributed by atoms with van der Waals surface area (Å²) >= 11 is 1.44. The van der Waals surface area contributed by atoms with Crippen molar-refractivity contribution in [3.63, 3.8) is 0 Å². The van der Waals surface area contributed by atoms with Gasteiger partial charge in [-0.2, -0.15) is 0 Å². The summed E-state index contributed by atoms with van der Waals surface area (Å²) < 4.78 is 0.965. The van der Waals surface area contributed by atoms with Crippen molar-refractivity contribution in [2.75, 3.05) is 18.8 Å². The molecule has 0 aliphatic rings. The molecule has 0 aliphatic carbocycles. The normalized spacial score (nSPS) is 11.5. The number of nitrogens with two attached hydrogens (primary N) is 1. The maximum Gasteiger partial charge on any atom is 0.266 e. The fourth-order valence-corrected chi connectivity index (χ4v) is 3.45. The van der Waals surface area contributed by atoms with Crippen LogP contribution >= 0.6 is 11.3 Å². The molecule has 0 aliphatic heterocycles. The van der Waals surface area contributed by atoms with Crippen molar-refractivity contribution in [2.45, 2.75) is 27.7 Å². The van der Waals surface area contributed by atoms with Gasteiger partial charge in [-0.25, -0.2) is 0 Å². The predicted octanol–water partition coefficient (Wildman–Crippen LogP) is 3.63. The number of hydrogen-bond donors (Lipinski definition) is 1. The molecular formula is C16H23N3OS. The molecule has 1 amide bonds. The molecule has 0 aromatic carbocycles. The summed E-state index contributed by atoms with van der Waals surface area (Å²) in [5.41, 5.74) is 6.76. The molecule has 21 heavy (non-hydrogen) atoms. The number of amides is 1. The van der Waals surface area contributed by atoms with Crippen LogP contribution in [0.5, 0.6) is 0 Å². The number of fused-ring (bicyclic) bond motifs is 1. The third-order valence-electron chi connectivity index (χ3n) is 3.18. The highest BCUT2D eigenvalue weighted by molar-refractivity contribution is 7.21. The third-order valence-corrected chi connectivity index (χ3v) is 4.33. The van der Waals surface area contributed by atoms with E-state index >= 15 is 0 Å². The second kappa shape index (κ2) is 6.43. The Hall–Kier alpha value is -1.62. The van der Waals surface area contributed by atoms with Gasteiger partial charge < -0.3 is 10.6 Å². The fraction of sp³-hybridized carbons (Fsp3) is 0.500. The van der Waals surface area contributed by atoms with Gasteiger partial charge >= 0.3 is 0 Å². The van der Waals surface area contributed by atoms with E-state index in [1.165, 1.54) is 11.3 Å². The van der Waals surface area contributed by atoms with Crippen molar-refractivity contribution in [1.29, 1.82) is 0 Å². The first-order valence-electron chi connectivity index (χ1n) is 7.31. The second-order valence-corrected chi connectivity index (χ2v) is 7.27. The molecule has 2 rings (SSSR count). The van der Waals surface area contributed by atoms with Crippen molar-refractivity contribution in [3.05, 3.63) is 23.3 Å². The first kappa shape index (κ1) is 15.8. The molecule has 0 bridgehead atoms. The van der Waals surface area contributed by atoms with Gasteiger partial charge in [0.05, 0.1) is 10.4 Å². The number of hydrogen-bond acceptors (Lipinski definition) is 4. The molecule has 2 N–H and O–H groups in total. The lowest BCUT2D eigenvalue weighted by molar-refractivity contribution is 0.0721. The number of aromatic nitrogens is 1. The number of carbonyl (C=O) groups excluding carboxylic acids is 1. The van der Waals surface area contributed by atoms with E-state index in [1.807, 2.05) is 11.0 Å². The molecule has 0 atom stereocenters. The molecule has 0 spiro atoms. The van der Waals surface area contributed by atoms with Crippen LogP contribution in [0.15, 0.2) is 18.5 Å². The van der Waals surface area contributed by atoms with Gasteiger partial charge in [-0.15, -0.1) is 11.3 Å². The number of pyridine rings is 1. The van der Waals surface area contributed by atoms with E-state index in [2.05, 4.69) is 32.7 Å². The monoisotopic (exact) mass is 305 g/mol. The summed E-state index contributed by atoms with van der Waals surface area (Å²) in [6.45, 7) is 10.0. The minimum Gasteiger partial charge on any atom is -0.397 e.